The molecule has 0 aliphatic rings. The molecule has 0 amide bonds. The van der Waals surface area contributed by atoms with Crippen LogP contribution in [0.25, 0.3) is 0 Å². The van der Waals surface area contributed by atoms with Gasteiger partial charge >= 0.3 is 106 Å². The van der Waals surface area contributed by atoms with Crippen LogP contribution in [-0.4, -0.2) is 149 Å². The molecule has 731 valence electrons. The van der Waals surface area contributed by atoms with Gasteiger partial charge in [-0.3, -0.25) is 39.8 Å². The van der Waals surface area contributed by atoms with Crippen molar-refractivity contribution in [3.05, 3.63) is 298 Å². The first kappa shape index (κ1) is 134. The molecule has 0 saturated carbocycles. The topological polar surface area (TPSA) is 443 Å². The summed E-state index contributed by atoms with van der Waals surface area (Å²) in [6, 6.07) is 50.5. The van der Waals surface area contributed by atoms with Crippen LogP contribution in [0.2, 0.25) is 35.2 Å². The number of thiol groups is 1. The number of thiazole rings is 4. The average Bonchev–Trinajstić information content (AvgIpc) is 1.71. The third kappa shape index (κ3) is 62.2. The zero-order valence-corrected chi connectivity index (χ0v) is 96.2. The van der Waals surface area contributed by atoms with E-state index in [4.69, 9.17) is 134 Å². The Kier molecular flexibility index (Phi) is 75.5. The first-order chi connectivity index (χ1) is 63.8. The number of carbonyl (C=O) groups excluding carboxylic acids is 10. The van der Waals surface area contributed by atoms with E-state index in [0.29, 0.717) is 136 Å². The number of nitrogens with two attached hydrogens (primary N) is 3. The number of halogens is 15. The Labute approximate surface area is 951 Å². The molecule has 7 aromatic carbocycles. The summed E-state index contributed by atoms with van der Waals surface area (Å²) in [4.78, 5) is 139. The number of aromatic carboxylic acids is 1. The van der Waals surface area contributed by atoms with Gasteiger partial charge < -0.3 is 56.3 Å². The van der Waals surface area contributed by atoms with Gasteiger partial charge in [0, 0.05) is 101 Å². The second-order valence-corrected chi connectivity index (χ2v) is 40.8. The molecule has 1 unspecified atom stereocenters. The largest absolute Gasteiger partial charge is 1.00 e. The molecule has 1 radical (unpaired) electrons. The van der Waals surface area contributed by atoms with Crippen LogP contribution >= 0.6 is 260 Å². The minimum absolute atomic E-state index is 0. The van der Waals surface area contributed by atoms with Gasteiger partial charge in [0.15, 0.2) is 32.6 Å². The zero-order chi connectivity index (χ0) is 102. The molecular formula is C86H81BBr4Cl11KN8O19S7-. The van der Waals surface area contributed by atoms with Crippen molar-refractivity contribution >= 4 is 351 Å². The van der Waals surface area contributed by atoms with Crippen molar-refractivity contribution in [3.63, 3.8) is 0 Å². The molecule has 11 rings (SSSR count). The van der Waals surface area contributed by atoms with Gasteiger partial charge in [0.25, 0.3) is 11.2 Å². The number of alkyl halides is 1. The van der Waals surface area contributed by atoms with Gasteiger partial charge in [0.2, 0.25) is 14.5 Å². The Morgan fingerprint density at radius 3 is 1.04 bits per heavy atom. The summed E-state index contributed by atoms with van der Waals surface area (Å²) in [5.41, 5.74) is 24.1. The number of ether oxygens (including phenoxy) is 5. The van der Waals surface area contributed by atoms with Crippen LogP contribution in [0.3, 0.4) is 0 Å². The third-order valence-electron chi connectivity index (χ3n) is 15.0. The van der Waals surface area contributed by atoms with Crippen LogP contribution in [0.4, 0.5) is 5.13 Å². The fraction of sp³-hybridized carbons (Fsp3) is 0.233. The number of Topliss-reactive ketones (excluding diaryl/α,β-unsaturated/α-hetero) is 2. The molecule has 0 spiro atoms. The number of carbonyl (C=O) groups is 10. The first-order valence-corrected chi connectivity index (χ1v) is 51.6. The van der Waals surface area contributed by atoms with Crippen molar-refractivity contribution in [2.24, 2.45) is 15.8 Å². The van der Waals surface area contributed by atoms with Crippen molar-refractivity contribution in [1.29, 1.82) is 0 Å². The fourth-order valence-corrected chi connectivity index (χ4v) is 16.0. The molecular weight excluding hydrogens is 2430 g/mol. The van der Waals surface area contributed by atoms with E-state index in [2.05, 4.69) is 163 Å². The number of aromatic nitrogens is 4. The van der Waals surface area contributed by atoms with E-state index < -0.39 is 43.2 Å². The standard InChI is InChI=1S/C13H11BrClNO2S.C13H13ClN2O2S.C12H12BrClO3.C12H13ClO3.C11H6BrCl2NOS.C11H7BrClNO2S.C8H6Cl2O.C5H7O3.CH4N2S.BHNS.Cl2OS.K.H2O/c1-2-18-12(17)11-10(16-13(14)19-11)7-8-3-5-9(15)6-4-8;1-2-18-12(17)11-10(16-13(15)19-11)7-8-3-5-9(14)6-4-8;1-2-17-12(16)11(13)10(15)7-8-3-5-9(14)6-4-8;1-2-16-12(15)8-11(14)7-9-3-5-10(13)6-4-9;12-11-15-8(9(17-11)10(14)16)5-6-1-3-7(13)4-2-6;12-11-14-8(9(17-11)10(15)16)5-6-1-3-7(13)4-2-6;9-7-3-1-6(2-4-7)5-8(10)11;1-2-8-5(7)3-4-6;2-1(3)4;1-2-3;1-4(2)3;;/h3-6H,2,7H2,1H3;3-6H,2,7H2,1H3,(H2,15,16);3-6,11H,2,7H2,1H3;3-6H,2,7-8H2,1H3;1-4H,5H2;1-4H,5H2,(H,15,16);1-4H,5H2;2-3H2,1H3;(H4,2,3,4);3H;;;1H2/q;;;;;;;-1;;;;+1;/p-1. The van der Waals surface area contributed by atoms with E-state index in [1.54, 1.807) is 144 Å². The van der Waals surface area contributed by atoms with Crippen LogP contribution in [-0.2, 0) is 111 Å². The number of nitrogens with zero attached hydrogens (tertiary/aromatic N) is 5. The monoisotopic (exact) mass is 2500 g/mol. The predicted octanol–water partition coefficient (Wildman–Crippen LogP) is 21.0. The summed E-state index contributed by atoms with van der Waals surface area (Å²) in [6.07, 6.45) is 3.82. The molecule has 4 heterocycles. The SMILES string of the molecule is CCOC(=O)C(Br)C(=O)Cc1ccc(Cl)cc1.CCOC(=O)CC(=O)Cc1ccc(Cl)cc1.CCOC(=O)C[C-]=O.CCOC(=O)c1sc(Br)nc1Cc1ccc(Cl)cc1.CCOC(=O)c1sc(N)nc1Cc1ccc(Cl)cc1.NC(N)=S.O=C(Cl)Cc1ccc(Cl)cc1.O=C(Cl)c1sc(Br)nc1Cc1ccc(Cl)cc1.O=C(O)c1sc(Br)nc1Cc1ccc(Cl)cc1.O=S(Cl)Cl.[B]=NS.[K+].[OH-]. The molecule has 1 atom stereocenters. The molecule has 0 aliphatic heterocycles. The number of benzene rings is 7. The minimum Gasteiger partial charge on any atom is -0.870 e. The molecule has 137 heavy (non-hydrogen) atoms. The Morgan fingerprint density at radius 1 is 0.474 bits per heavy atom. The van der Waals surface area contributed by atoms with Gasteiger partial charge in [0.1, 0.15) is 31.7 Å². The molecule has 11 aromatic rings. The molecule has 27 nitrogen and oxygen atoms in total. The maximum absolute atomic E-state index is 11.8. The normalized spacial score (nSPS) is 9.91. The number of hydrogen-bond acceptors (Lipinski definition) is 30. The van der Waals surface area contributed by atoms with Gasteiger partial charge in [-0.1, -0.05) is 222 Å². The molecule has 8 N–H and O–H groups in total. The summed E-state index contributed by atoms with van der Waals surface area (Å²) < 4.78 is 37.5. The number of carboxylic acids is 1. The quantitative estimate of drug-likeness (QED) is 0.00334. The van der Waals surface area contributed by atoms with E-state index >= 15 is 0 Å². The van der Waals surface area contributed by atoms with Gasteiger partial charge in [0.05, 0.1) is 55.8 Å². The van der Waals surface area contributed by atoms with Crippen molar-refractivity contribution in [1.82, 2.24) is 19.9 Å². The van der Waals surface area contributed by atoms with Crippen LogP contribution in [0.1, 0.15) is 148 Å². The van der Waals surface area contributed by atoms with Gasteiger partial charge in [-0.25, -0.2) is 38.5 Å². The van der Waals surface area contributed by atoms with E-state index in [1.807, 2.05) is 60.7 Å². The van der Waals surface area contributed by atoms with Crippen LogP contribution in [0.15, 0.2) is 186 Å². The Morgan fingerprint density at radius 2 is 0.737 bits per heavy atom. The molecule has 0 aliphatic carbocycles. The maximum atomic E-state index is 11.8. The summed E-state index contributed by atoms with van der Waals surface area (Å²) >= 11 is 75.9. The van der Waals surface area contributed by atoms with Crippen molar-refractivity contribution in [3.8, 4) is 0 Å². The Bertz CT molecular complexity index is 5410. The van der Waals surface area contributed by atoms with E-state index in [1.165, 1.54) is 29.0 Å². The first-order valence-electron chi connectivity index (χ1n) is 38.1. The number of nitrogen functional groups attached to an aromatic ring is 1. The van der Waals surface area contributed by atoms with E-state index in [9.17, 15) is 52.7 Å². The van der Waals surface area contributed by atoms with Crippen molar-refractivity contribution in [2.75, 3.05) is 38.8 Å². The molecule has 0 fully saturated rings. The summed E-state index contributed by atoms with van der Waals surface area (Å²) in [7, 11) is 11.7. The number of thiocarbonyl (C=S) groups is 1. The van der Waals surface area contributed by atoms with Gasteiger partial charge in [-0.15, -0.1) is 11.3 Å². The zero-order valence-electron chi connectivity index (χ0n) is 72.6. The van der Waals surface area contributed by atoms with E-state index in [0.717, 1.165) is 67.3 Å². The van der Waals surface area contributed by atoms with Gasteiger partial charge in [-0.05, 0) is 242 Å². The molecule has 0 bridgehead atoms. The van der Waals surface area contributed by atoms with Crippen molar-refractivity contribution in [2.45, 2.75) is 97.2 Å². The fourth-order valence-electron chi connectivity index (χ4n) is 9.57. The summed E-state index contributed by atoms with van der Waals surface area (Å²) in [5.74, 6) is -3.56. The van der Waals surface area contributed by atoms with Crippen molar-refractivity contribution < 1.29 is 143 Å². The summed E-state index contributed by atoms with van der Waals surface area (Å²) in [6.45, 7) is 10.2. The smallest absolute Gasteiger partial charge is 0.870 e. The third-order valence-corrected chi connectivity index (χ3v) is 23.6. The van der Waals surface area contributed by atoms with Crippen LogP contribution < -0.4 is 68.6 Å². The Hall–Kier alpha value is -5.21. The number of anilines is 1. The second-order valence-electron chi connectivity index (χ2n) is 25.0. The number of rotatable bonds is 29. The number of carboxylic acid groups (broad SMARTS) is 1. The number of ketones is 2. The maximum Gasteiger partial charge on any atom is 1.00 e. The molecule has 0 saturated heterocycles. The molecule has 4 aromatic heterocycles. The average molecular weight is 2510 g/mol. The number of esters is 5. The second kappa shape index (κ2) is 77.3. The minimum atomic E-state index is -1.67. The van der Waals surface area contributed by atoms with Crippen LogP contribution in [0, 0.1) is 0 Å². The number of hydrogen-bond donors (Lipinski definition) is 5. The summed E-state index contributed by atoms with van der Waals surface area (Å²) in [5, 5.41) is 13.2. The van der Waals surface area contributed by atoms with Crippen LogP contribution in [0.5, 0.6) is 0 Å². The Balaban J connectivity index is 0. The molecule has 51 heteroatoms. The van der Waals surface area contributed by atoms with Gasteiger partial charge in [-0.2, -0.15) is 0 Å². The predicted molar refractivity (Wildman–Crippen MR) is 566 cm³/mol. The van der Waals surface area contributed by atoms with E-state index in [-0.39, 0.29) is 134 Å².